The molecule has 0 radical (unpaired) electrons. The van der Waals surface area contributed by atoms with Gasteiger partial charge in [-0.2, -0.15) is 5.10 Å². The number of rotatable bonds is 6. The minimum atomic E-state index is -0.971. The van der Waals surface area contributed by atoms with E-state index in [-0.39, 0.29) is 11.9 Å². The lowest BCUT2D eigenvalue weighted by atomic mass is 10.2. The minimum Gasteiger partial charge on any atom is -0.449 e. The number of halogens is 1. The molecule has 6 nitrogen and oxygen atoms in total. The summed E-state index contributed by atoms with van der Waals surface area (Å²) in [7, 11) is 0. The Bertz CT molecular complexity index is 766. The highest BCUT2D eigenvalue weighted by Gasteiger charge is 2.18. The topological polar surface area (TPSA) is 73.2 Å². The Morgan fingerprint density at radius 1 is 1.20 bits per heavy atom. The number of hydrogen-bond acceptors (Lipinski definition) is 4. The van der Waals surface area contributed by atoms with Gasteiger partial charge in [0, 0.05) is 18.2 Å². The van der Waals surface area contributed by atoms with E-state index >= 15 is 0 Å². The van der Waals surface area contributed by atoms with Gasteiger partial charge in [0.2, 0.25) is 0 Å². The number of esters is 1. The van der Waals surface area contributed by atoms with Crippen LogP contribution in [0.25, 0.3) is 6.08 Å². The van der Waals surface area contributed by atoms with E-state index in [1.54, 1.807) is 16.9 Å². The standard InChI is InChI=1S/C18H20FN3O3/c1-12(2)22-16(10-11-20-22)21-18(24)13(3)25-17(23)9-6-14-4-7-15(19)8-5-14/h4-13H,1-3H3,(H,21,24)/b9-6+/t13-/m0/s1. The molecule has 25 heavy (non-hydrogen) atoms. The van der Waals surface area contributed by atoms with Crippen LogP contribution in [0.15, 0.2) is 42.6 Å². The summed E-state index contributed by atoms with van der Waals surface area (Å²) in [6, 6.07) is 7.39. The van der Waals surface area contributed by atoms with Crippen LogP contribution in [-0.2, 0) is 14.3 Å². The molecule has 1 aromatic heterocycles. The van der Waals surface area contributed by atoms with E-state index in [2.05, 4.69) is 10.4 Å². The second-order valence-electron chi connectivity index (χ2n) is 5.71. The van der Waals surface area contributed by atoms with E-state index in [4.69, 9.17) is 4.74 Å². The number of amides is 1. The van der Waals surface area contributed by atoms with Crippen LogP contribution in [0.5, 0.6) is 0 Å². The summed E-state index contributed by atoms with van der Waals surface area (Å²) in [6.45, 7) is 5.35. The molecule has 2 aromatic rings. The van der Waals surface area contributed by atoms with E-state index in [9.17, 15) is 14.0 Å². The molecule has 0 aliphatic heterocycles. The van der Waals surface area contributed by atoms with Crippen LogP contribution in [0.1, 0.15) is 32.4 Å². The summed E-state index contributed by atoms with van der Waals surface area (Å²) in [4.78, 5) is 23.9. The van der Waals surface area contributed by atoms with E-state index < -0.39 is 18.0 Å². The Kier molecular flexibility index (Phi) is 6.05. The van der Waals surface area contributed by atoms with E-state index in [1.807, 2.05) is 13.8 Å². The largest absolute Gasteiger partial charge is 0.449 e. The first-order chi connectivity index (χ1) is 11.9. The Hall–Kier alpha value is -2.96. The zero-order chi connectivity index (χ0) is 18.4. The summed E-state index contributed by atoms with van der Waals surface area (Å²) < 4.78 is 19.5. The lowest BCUT2D eigenvalue weighted by Gasteiger charge is -2.15. The third kappa shape index (κ3) is 5.27. The van der Waals surface area contributed by atoms with Gasteiger partial charge in [-0.15, -0.1) is 0 Å². The second-order valence-corrected chi connectivity index (χ2v) is 5.71. The Labute approximate surface area is 145 Å². The van der Waals surface area contributed by atoms with Crippen molar-refractivity contribution in [3.8, 4) is 0 Å². The van der Waals surface area contributed by atoms with Gasteiger partial charge in [0.25, 0.3) is 5.91 Å². The number of anilines is 1. The number of ether oxygens (including phenoxy) is 1. The van der Waals surface area contributed by atoms with Crippen molar-refractivity contribution in [1.29, 1.82) is 0 Å². The third-order valence-electron chi connectivity index (χ3n) is 3.35. The average Bonchev–Trinajstić information content (AvgIpc) is 3.02. The van der Waals surface area contributed by atoms with Gasteiger partial charge in [0.1, 0.15) is 11.6 Å². The van der Waals surface area contributed by atoms with Crippen LogP contribution in [0, 0.1) is 5.82 Å². The summed E-state index contributed by atoms with van der Waals surface area (Å²) in [6.07, 6.45) is 3.29. The molecule has 0 saturated heterocycles. The third-order valence-corrected chi connectivity index (χ3v) is 3.35. The molecule has 0 bridgehead atoms. The van der Waals surface area contributed by atoms with Gasteiger partial charge >= 0.3 is 5.97 Å². The van der Waals surface area contributed by atoms with Crippen molar-refractivity contribution in [3.63, 3.8) is 0 Å². The lowest BCUT2D eigenvalue weighted by Crippen LogP contribution is -2.30. The molecular weight excluding hydrogens is 325 g/mol. The maximum Gasteiger partial charge on any atom is 0.331 e. The van der Waals surface area contributed by atoms with Crippen LogP contribution >= 0.6 is 0 Å². The van der Waals surface area contributed by atoms with Gasteiger partial charge in [0.15, 0.2) is 6.10 Å². The maximum absolute atomic E-state index is 12.8. The summed E-state index contributed by atoms with van der Waals surface area (Å²) >= 11 is 0. The molecule has 2 rings (SSSR count). The number of carbonyl (C=O) groups is 2. The van der Waals surface area contributed by atoms with Crippen LogP contribution in [0.3, 0.4) is 0 Å². The maximum atomic E-state index is 12.8. The van der Waals surface area contributed by atoms with Crippen molar-refractivity contribution in [2.45, 2.75) is 32.9 Å². The molecule has 1 aromatic carbocycles. The Morgan fingerprint density at radius 2 is 1.88 bits per heavy atom. The van der Waals surface area contributed by atoms with Gasteiger partial charge in [0.05, 0.1) is 6.20 Å². The summed E-state index contributed by atoms with van der Waals surface area (Å²) in [5.74, 6) is -0.939. The van der Waals surface area contributed by atoms with Gasteiger partial charge < -0.3 is 10.1 Å². The number of hydrogen-bond donors (Lipinski definition) is 1. The fraction of sp³-hybridized carbons (Fsp3) is 0.278. The first-order valence-corrected chi connectivity index (χ1v) is 7.85. The highest BCUT2D eigenvalue weighted by Crippen LogP contribution is 2.13. The number of benzene rings is 1. The average molecular weight is 345 g/mol. The van der Waals surface area contributed by atoms with Gasteiger partial charge in [-0.25, -0.2) is 13.9 Å². The van der Waals surface area contributed by atoms with Gasteiger partial charge in [-0.05, 0) is 44.5 Å². The molecule has 0 saturated carbocycles. The lowest BCUT2D eigenvalue weighted by molar-refractivity contribution is -0.148. The molecule has 7 heteroatoms. The normalized spacial score (nSPS) is 12.4. The SMILES string of the molecule is CC(C)n1nccc1NC(=O)[C@H](C)OC(=O)/C=C/c1ccc(F)cc1. The number of nitrogens with zero attached hydrogens (tertiary/aromatic N) is 2. The molecular formula is C18H20FN3O3. The summed E-state index contributed by atoms with van der Waals surface area (Å²) in [5.41, 5.74) is 0.649. The molecule has 0 unspecified atom stereocenters. The zero-order valence-electron chi connectivity index (χ0n) is 14.3. The monoisotopic (exact) mass is 345 g/mol. The van der Waals surface area contributed by atoms with Crippen molar-refractivity contribution in [2.24, 2.45) is 0 Å². The molecule has 1 atom stereocenters. The molecule has 1 amide bonds. The van der Waals surface area contributed by atoms with Crippen molar-refractivity contribution >= 4 is 23.8 Å². The first kappa shape index (κ1) is 18.4. The van der Waals surface area contributed by atoms with Crippen molar-refractivity contribution < 1.29 is 18.7 Å². The van der Waals surface area contributed by atoms with Gasteiger partial charge in [-0.3, -0.25) is 4.79 Å². The first-order valence-electron chi connectivity index (χ1n) is 7.85. The van der Waals surface area contributed by atoms with Crippen molar-refractivity contribution in [3.05, 3.63) is 54.0 Å². The van der Waals surface area contributed by atoms with Crippen LogP contribution in [-0.4, -0.2) is 27.8 Å². The molecule has 0 fully saturated rings. The Morgan fingerprint density at radius 3 is 2.52 bits per heavy atom. The van der Waals surface area contributed by atoms with Crippen molar-refractivity contribution in [1.82, 2.24) is 9.78 Å². The second kappa shape index (κ2) is 8.23. The molecule has 1 heterocycles. The zero-order valence-corrected chi connectivity index (χ0v) is 14.3. The number of nitrogens with one attached hydrogen (secondary N) is 1. The smallest absolute Gasteiger partial charge is 0.331 e. The molecule has 0 spiro atoms. The van der Waals surface area contributed by atoms with Crippen molar-refractivity contribution in [2.75, 3.05) is 5.32 Å². The minimum absolute atomic E-state index is 0.0850. The van der Waals surface area contributed by atoms with E-state index in [0.29, 0.717) is 11.4 Å². The quantitative estimate of drug-likeness (QED) is 0.645. The summed E-state index contributed by atoms with van der Waals surface area (Å²) in [5, 5.41) is 6.79. The number of carbonyl (C=O) groups excluding carboxylic acids is 2. The Balaban J connectivity index is 1.90. The molecule has 0 aliphatic carbocycles. The van der Waals surface area contributed by atoms with Crippen LogP contribution in [0.4, 0.5) is 10.2 Å². The van der Waals surface area contributed by atoms with Crippen LogP contribution < -0.4 is 5.32 Å². The fourth-order valence-electron chi connectivity index (χ4n) is 2.06. The van der Waals surface area contributed by atoms with Gasteiger partial charge in [-0.1, -0.05) is 12.1 Å². The molecule has 132 valence electrons. The van der Waals surface area contributed by atoms with E-state index in [0.717, 1.165) is 0 Å². The number of aromatic nitrogens is 2. The van der Waals surface area contributed by atoms with E-state index in [1.165, 1.54) is 43.3 Å². The van der Waals surface area contributed by atoms with Crippen LogP contribution in [0.2, 0.25) is 0 Å². The highest BCUT2D eigenvalue weighted by molar-refractivity contribution is 5.96. The fourth-order valence-corrected chi connectivity index (χ4v) is 2.06. The molecule has 0 aliphatic rings. The predicted octanol–water partition coefficient (Wildman–Crippen LogP) is 3.19. The predicted molar refractivity (Wildman–Crippen MR) is 92.2 cm³/mol. The molecule has 1 N–H and O–H groups in total. The highest BCUT2D eigenvalue weighted by atomic mass is 19.1.